The Morgan fingerprint density at radius 3 is 2.56 bits per heavy atom. The zero-order chi connectivity index (χ0) is 18.0. The number of hydrogen-bond acceptors (Lipinski definition) is 4. The van der Waals surface area contributed by atoms with Crippen LogP contribution in [0.1, 0.15) is 11.5 Å². The monoisotopic (exact) mass is 362 g/mol. The van der Waals surface area contributed by atoms with Gasteiger partial charge in [-0.05, 0) is 19.1 Å². The molecule has 6 nitrogen and oxygen atoms in total. The smallest absolute Gasteiger partial charge is 0.319 e. The molecule has 1 aromatic carbocycles. The van der Waals surface area contributed by atoms with Crippen molar-refractivity contribution in [3.8, 4) is 11.5 Å². The zero-order valence-electron chi connectivity index (χ0n) is 14.8. The number of benzene rings is 1. The third-order valence-corrected chi connectivity index (χ3v) is 4.73. The van der Waals surface area contributed by atoms with Gasteiger partial charge in [-0.25, -0.2) is 9.78 Å². The Labute approximate surface area is 153 Å². The molecule has 0 unspecified atom stereocenters. The fraction of sp³-hybridized carbons (Fsp3) is 0.444. The third-order valence-electron chi connectivity index (χ3n) is 4.40. The van der Waals surface area contributed by atoms with Gasteiger partial charge in [0.25, 0.3) is 0 Å². The maximum Gasteiger partial charge on any atom is 0.319 e. The minimum absolute atomic E-state index is 0.0678. The molecule has 1 aliphatic rings. The number of hydrogen-bond donors (Lipinski definition) is 0. The number of carbonyl (C=O) groups excluding carboxylic acids is 1. The van der Waals surface area contributed by atoms with E-state index >= 15 is 0 Å². The van der Waals surface area contributed by atoms with Crippen molar-refractivity contribution >= 4 is 17.6 Å². The standard InChI is InChI=1S/C18H23ClN4O2/c1-13-16(20-17(25-13)14-6-4-5-7-15(14)19)12-22-8-10-23(11-9-22)18(24)21(2)3/h4-7H,8-12H2,1-3H3. The van der Waals surface area contributed by atoms with Gasteiger partial charge in [0.05, 0.1) is 16.3 Å². The lowest BCUT2D eigenvalue weighted by molar-refractivity contribution is 0.119. The first-order valence-corrected chi connectivity index (χ1v) is 8.73. The van der Waals surface area contributed by atoms with E-state index in [1.807, 2.05) is 36.1 Å². The number of aromatic nitrogens is 1. The Bertz CT molecular complexity index is 751. The van der Waals surface area contributed by atoms with Gasteiger partial charge in [-0.15, -0.1) is 0 Å². The molecule has 7 heteroatoms. The molecule has 0 N–H and O–H groups in total. The second kappa shape index (κ2) is 7.45. The summed E-state index contributed by atoms with van der Waals surface area (Å²) in [4.78, 5) is 22.4. The predicted octanol–water partition coefficient (Wildman–Crippen LogP) is 3.10. The van der Waals surface area contributed by atoms with E-state index in [2.05, 4.69) is 9.88 Å². The van der Waals surface area contributed by atoms with Crippen LogP contribution in [0.4, 0.5) is 4.79 Å². The van der Waals surface area contributed by atoms with Gasteiger partial charge < -0.3 is 14.2 Å². The molecule has 2 amide bonds. The van der Waals surface area contributed by atoms with E-state index in [0.717, 1.165) is 43.2 Å². The van der Waals surface area contributed by atoms with Crippen molar-refractivity contribution in [2.45, 2.75) is 13.5 Å². The van der Waals surface area contributed by atoms with Gasteiger partial charge >= 0.3 is 6.03 Å². The Morgan fingerprint density at radius 1 is 1.24 bits per heavy atom. The van der Waals surface area contributed by atoms with Crippen LogP contribution in [0.15, 0.2) is 28.7 Å². The zero-order valence-corrected chi connectivity index (χ0v) is 15.6. The minimum Gasteiger partial charge on any atom is -0.441 e. The van der Waals surface area contributed by atoms with Crippen LogP contribution in [-0.2, 0) is 6.54 Å². The van der Waals surface area contributed by atoms with E-state index in [1.54, 1.807) is 19.0 Å². The first-order chi connectivity index (χ1) is 12.0. The summed E-state index contributed by atoms with van der Waals surface area (Å²) >= 11 is 6.23. The van der Waals surface area contributed by atoms with E-state index in [4.69, 9.17) is 16.0 Å². The van der Waals surface area contributed by atoms with Crippen molar-refractivity contribution < 1.29 is 9.21 Å². The molecule has 0 atom stereocenters. The van der Waals surface area contributed by atoms with Crippen LogP contribution in [0, 0.1) is 6.92 Å². The fourth-order valence-electron chi connectivity index (χ4n) is 2.92. The Kier molecular flexibility index (Phi) is 5.30. The predicted molar refractivity (Wildman–Crippen MR) is 97.6 cm³/mol. The van der Waals surface area contributed by atoms with Gasteiger partial charge in [0.15, 0.2) is 0 Å². The summed E-state index contributed by atoms with van der Waals surface area (Å²) in [5, 5.41) is 0.631. The van der Waals surface area contributed by atoms with E-state index in [9.17, 15) is 4.79 Å². The van der Waals surface area contributed by atoms with Gasteiger partial charge in [-0.3, -0.25) is 4.90 Å². The van der Waals surface area contributed by atoms with E-state index in [0.29, 0.717) is 17.5 Å². The molecule has 25 heavy (non-hydrogen) atoms. The molecule has 1 aromatic heterocycles. The Hall–Kier alpha value is -2.05. The SMILES string of the molecule is Cc1oc(-c2ccccc2Cl)nc1CN1CCN(C(=O)N(C)C)CC1. The summed E-state index contributed by atoms with van der Waals surface area (Å²) in [6.07, 6.45) is 0. The van der Waals surface area contributed by atoms with Gasteiger partial charge in [0.2, 0.25) is 5.89 Å². The number of oxazole rings is 1. The molecule has 134 valence electrons. The molecule has 0 spiro atoms. The number of urea groups is 1. The molecule has 1 aliphatic heterocycles. The second-order valence-corrected chi connectivity index (χ2v) is 6.85. The molecule has 2 heterocycles. The molecule has 0 bridgehead atoms. The van der Waals surface area contributed by atoms with Gasteiger partial charge in [0.1, 0.15) is 5.76 Å². The van der Waals surface area contributed by atoms with Crippen LogP contribution in [-0.4, -0.2) is 66.0 Å². The number of carbonyl (C=O) groups is 1. The summed E-state index contributed by atoms with van der Waals surface area (Å²) < 4.78 is 5.82. The highest BCUT2D eigenvalue weighted by Gasteiger charge is 2.23. The number of halogens is 1. The van der Waals surface area contributed by atoms with Crippen LogP contribution in [0.2, 0.25) is 5.02 Å². The van der Waals surface area contributed by atoms with Crippen LogP contribution < -0.4 is 0 Å². The van der Waals surface area contributed by atoms with Crippen molar-refractivity contribution in [2.24, 2.45) is 0 Å². The van der Waals surface area contributed by atoms with Crippen LogP contribution >= 0.6 is 11.6 Å². The lowest BCUT2D eigenvalue weighted by atomic mass is 10.2. The van der Waals surface area contributed by atoms with Crippen LogP contribution in [0.5, 0.6) is 0 Å². The largest absolute Gasteiger partial charge is 0.441 e. The first kappa shape index (κ1) is 17.8. The summed E-state index contributed by atoms with van der Waals surface area (Å²) in [6, 6.07) is 7.61. The molecule has 1 saturated heterocycles. The molecule has 0 aliphatic carbocycles. The van der Waals surface area contributed by atoms with Gasteiger partial charge in [0, 0.05) is 46.8 Å². The van der Waals surface area contributed by atoms with Crippen molar-refractivity contribution in [1.82, 2.24) is 19.7 Å². The summed E-state index contributed by atoms with van der Waals surface area (Å²) in [6.45, 7) is 5.75. The quantitative estimate of drug-likeness (QED) is 0.841. The van der Waals surface area contributed by atoms with Crippen molar-refractivity contribution in [2.75, 3.05) is 40.3 Å². The summed E-state index contributed by atoms with van der Waals surface area (Å²) in [7, 11) is 3.56. The lowest BCUT2D eigenvalue weighted by Crippen LogP contribution is -2.51. The molecular formula is C18H23ClN4O2. The topological polar surface area (TPSA) is 52.8 Å². The number of piperazine rings is 1. The van der Waals surface area contributed by atoms with Crippen molar-refractivity contribution in [1.29, 1.82) is 0 Å². The average molecular weight is 363 g/mol. The second-order valence-electron chi connectivity index (χ2n) is 6.44. The van der Waals surface area contributed by atoms with E-state index in [1.165, 1.54) is 0 Å². The lowest BCUT2D eigenvalue weighted by Gasteiger charge is -2.35. The number of nitrogens with zero attached hydrogens (tertiary/aromatic N) is 4. The highest BCUT2D eigenvalue weighted by molar-refractivity contribution is 6.33. The molecule has 0 saturated carbocycles. The van der Waals surface area contributed by atoms with Crippen LogP contribution in [0.25, 0.3) is 11.5 Å². The molecule has 3 rings (SSSR count). The minimum atomic E-state index is 0.0678. The van der Waals surface area contributed by atoms with Gasteiger partial charge in [-0.2, -0.15) is 0 Å². The number of amides is 2. The van der Waals surface area contributed by atoms with Gasteiger partial charge in [-0.1, -0.05) is 23.7 Å². The maximum atomic E-state index is 12.0. The van der Waals surface area contributed by atoms with E-state index in [-0.39, 0.29) is 6.03 Å². The molecule has 1 fully saturated rings. The number of aryl methyl sites for hydroxylation is 1. The van der Waals surface area contributed by atoms with Crippen LogP contribution in [0.3, 0.4) is 0 Å². The Morgan fingerprint density at radius 2 is 1.92 bits per heavy atom. The maximum absolute atomic E-state index is 12.0. The molecule has 2 aromatic rings. The average Bonchev–Trinajstić information content (AvgIpc) is 2.95. The normalized spacial score (nSPS) is 15.4. The first-order valence-electron chi connectivity index (χ1n) is 8.35. The van der Waals surface area contributed by atoms with E-state index < -0.39 is 0 Å². The molecule has 0 radical (unpaired) electrons. The fourth-order valence-corrected chi connectivity index (χ4v) is 3.13. The third kappa shape index (κ3) is 3.96. The highest BCUT2D eigenvalue weighted by atomic mass is 35.5. The Balaban J connectivity index is 1.65. The summed E-state index contributed by atoms with van der Waals surface area (Å²) in [5.41, 5.74) is 1.72. The van der Waals surface area contributed by atoms with Crippen molar-refractivity contribution in [3.05, 3.63) is 40.7 Å². The van der Waals surface area contributed by atoms with Crippen molar-refractivity contribution in [3.63, 3.8) is 0 Å². The summed E-state index contributed by atoms with van der Waals surface area (Å²) in [5.74, 6) is 1.36. The molecular weight excluding hydrogens is 340 g/mol. The highest BCUT2D eigenvalue weighted by Crippen LogP contribution is 2.28. The number of rotatable bonds is 3.